The van der Waals surface area contributed by atoms with Crippen LogP contribution in [-0.2, 0) is 19.0 Å². The summed E-state index contributed by atoms with van der Waals surface area (Å²) in [4.78, 5) is 25.8. The Morgan fingerprint density at radius 2 is 2.07 bits per heavy atom. The van der Waals surface area contributed by atoms with Crippen LogP contribution in [0.4, 0.5) is 4.79 Å². The van der Waals surface area contributed by atoms with Crippen LogP contribution in [-0.4, -0.2) is 32.3 Å². The van der Waals surface area contributed by atoms with E-state index in [4.69, 9.17) is 14.2 Å². The minimum atomic E-state index is -0.741. The Hall–Kier alpha value is -2.14. The molecule has 1 fully saturated rings. The van der Waals surface area contributed by atoms with Crippen molar-refractivity contribution >= 4 is 17.5 Å². The van der Waals surface area contributed by atoms with Gasteiger partial charge in [-0.05, 0) is 57.1 Å². The minimum absolute atomic E-state index is 0.0984. The van der Waals surface area contributed by atoms with E-state index in [1.807, 2.05) is 32.0 Å². The van der Waals surface area contributed by atoms with Crippen LogP contribution in [0.25, 0.3) is 5.57 Å². The first-order valence-electron chi connectivity index (χ1n) is 10.1. The molecule has 1 spiro atoms. The highest BCUT2D eigenvalue weighted by atomic mass is 16.7. The third kappa shape index (κ3) is 4.00. The largest absolute Gasteiger partial charge is 0.513 e. The number of allylic oxidation sites excluding steroid dienone is 2. The van der Waals surface area contributed by atoms with Gasteiger partial charge in [0.05, 0.1) is 12.2 Å². The second-order valence-electron chi connectivity index (χ2n) is 8.11. The van der Waals surface area contributed by atoms with E-state index in [9.17, 15) is 9.59 Å². The van der Waals surface area contributed by atoms with Gasteiger partial charge in [0.25, 0.3) is 0 Å². The summed E-state index contributed by atoms with van der Waals surface area (Å²) < 4.78 is 15.9. The van der Waals surface area contributed by atoms with Crippen molar-refractivity contribution in [3.63, 3.8) is 0 Å². The summed E-state index contributed by atoms with van der Waals surface area (Å²) in [5.74, 6) is 0.904. The van der Waals surface area contributed by atoms with Gasteiger partial charge in [-0.25, -0.2) is 4.79 Å². The van der Waals surface area contributed by atoms with Gasteiger partial charge in [-0.3, -0.25) is 4.79 Å². The zero-order chi connectivity index (χ0) is 20.3. The van der Waals surface area contributed by atoms with Gasteiger partial charge in [0, 0.05) is 25.6 Å². The minimum Gasteiger partial charge on any atom is -0.434 e. The number of carbonyl (C=O) groups excluding carboxylic acids is 2. The first-order valence-corrected chi connectivity index (χ1v) is 10.1. The third-order valence-electron chi connectivity index (χ3n) is 5.97. The number of methoxy groups -OCH3 is 1. The number of aryl methyl sites for hydroxylation is 2. The molecule has 0 aromatic heterocycles. The highest BCUT2D eigenvalue weighted by Crippen LogP contribution is 2.53. The van der Waals surface area contributed by atoms with Crippen LogP contribution < -0.4 is 0 Å². The standard InChI is InChI=1S/C23H30O5/c1-5-27-22(25)28-19-13-23(10-6-7-17(12-23)14-26-4)21(24)20(19)18-11-15(2)8-9-16(18)3/h8-9,11,17H,5-7,10,12-14H2,1-4H3/t17-,23+/m0/s1. The molecule has 0 unspecified atom stereocenters. The zero-order valence-corrected chi connectivity index (χ0v) is 17.3. The summed E-state index contributed by atoms with van der Waals surface area (Å²) in [6.45, 7) is 6.61. The van der Waals surface area contributed by atoms with Crippen LogP contribution in [0.3, 0.4) is 0 Å². The van der Waals surface area contributed by atoms with Crippen molar-refractivity contribution in [3.05, 3.63) is 40.6 Å². The summed E-state index contributed by atoms with van der Waals surface area (Å²) in [7, 11) is 1.70. The van der Waals surface area contributed by atoms with Gasteiger partial charge in [0.2, 0.25) is 0 Å². The Morgan fingerprint density at radius 3 is 2.79 bits per heavy atom. The quantitative estimate of drug-likeness (QED) is 0.668. The van der Waals surface area contributed by atoms with Gasteiger partial charge in [0.1, 0.15) is 5.76 Å². The van der Waals surface area contributed by atoms with Gasteiger partial charge in [0.15, 0.2) is 5.78 Å². The molecule has 152 valence electrons. The molecular weight excluding hydrogens is 356 g/mol. The lowest BCUT2D eigenvalue weighted by Gasteiger charge is -2.36. The summed E-state index contributed by atoms with van der Waals surface area (Å²) >= 11 is 0. The van der Waals surface area contributed by atoms with E-state index in [0.29, 0.717) is 30.3 Å². The maximum absolute atomic E-state index is 13.7. The number of carbonyl (C=O) groups is 2. The van der Waals surface area contributed by atoms with Gasteiger partial charge < -0.3 is 14.2 Å². The summed E-state index contributed by atoms with van der Waals surface area (Å²) in [5, 5.41) is 0. The topological polar surface area (TPSA) is 61.8 Å². The fourth-order valence-electron chi connectivity index (χ4n) is 4.71. The fourth-order valence-corrected chi connectivity index (χ4v) is 4.71. The second-order valence-corrected chi connectivity index (χ2v) is 8.11. The lowest BCUT2D eigenvalue weighted by molar-refractivity contribution is -0.125. The molecule has 2 aliphatic rings. The molecule has 0 N–H and O–H groups in total. The summed E-state index contributed by atoms with van der Waals surface area (Å²) in [6.07, 6.45) is 3.34. The smallest absolute Gasteiger partial charge is 0.434 e. The molecule has 0 aliphatic heterocycles. The van der Waals surface area contributed by atoms with Crippen molar-refractivity contribution in [2.45, 2.75) is 52.9 Å². The van der Waals surface area contributed by atoms with E-state index < -0.39 is 11.6 Å². The molecule has 0 radical (unpaired) electrons. The van der Waals surface area contributed by atoms with Crippen molar-refractivity contribution in [2.24, 2.45) is 11.3 Å². The van der Waals surface area contributed by atoms with Crippen LogP contribution in [0.1, 0.15) is 55.7 Å². The predicted molar refractivity (Wildman–Crippen MR) is 107 cm³/mol. The lowest BCUT2D eigenvalue weighted by Crippen LogP contribution is -2.35. The van der Waals surface area contributed by atoms with E-state index in [-0.39, 0.29) is 12.4 Å². The van der Waals surface area contributed by atoms with E-state index in [1.54, 1.807) is 14.0 Å². The molecule has 2 aliphatic carbocycles. The zero-order valence-electron chi connectivity index (χ0n) is 17.3. The Bertz CT molecular complexity index is 792. The molecule has 0 saturated heterocycles. The van der Waals surface area contributed by atoms with Gasteiger partial charge in [-0.15, -0.1) is 0 Å². The molecule has 5 heteroatoms. The number of ketones is 1. The molecule has 1 saturated carbocycles. The Kier molecular flexibility index (Phi) is 6.23. The van der Waals surface area contributed by atoms with Crippen LogP contribution in [0.2, 0.25) is 0 Å². The third-order valence-corrected chi connectivity index (χ3v) is 5.97. The average Bonchev–Trinajstić information content (AvgIpc) is 2.89. The van der Waals surface area contributed by atoms with E-state index in [1.165, 1.54) is 0 Å². The van der Waals surface area contributed by atoms with Gasteiger partial charge in [-0.2, -0.15) is 0 Å². The van der Waals surface area contributed by atoms with Gasteiger partial charge >= 0.3 is 6.16 Å². The van der Waals surface area contributed by atoms with Crippen LogP contribution >= 0.6 is 0 Å². The van der Waals surface area contributed by atoms with E-state index >= 15 is 0 Å². The maximum atomic E-state index is 13.7. The molecule has 2 atom stereocenters. The number of ether oxygens (including phenoxy) is 3. The Morgan fingerprint density at radius 1 is 1.29 bits per heavy atom. The number of Topliss-reactive ketones (excluding diaryl/α,β-unsaturated/α-hetero) is 1. The normalized spacial score (nSPS) is 24.7. The van der Waals surface area contributed by atoms with Crippen LogP contribution in [0.5, 0.6) is 0 Å². The maximum Gasteiger partial charge on any atom is 0.513 e. The molecule has 0 amide bonds. The summed E-state index contributed by atoms with van der Waals surface area (Å²) in [5.41, 5.74) is 2.97. The van der Waals surface area contributed by atoms with Gasteiger partial charge in [-0.1, -0.05) is 30.2 Å². The SMILES string of the molecule is CCOC(=O)OC1=C(c2cc(C)ccc2C)C(=O)[C@@]2(CCC[C@H](COC)C2)C1. The van der Waals surface area contributed by atoms with Crippen LogP contribution in [0.15, 0.2) is 24.0 Å². The Labute approximate surface area is 167 Å². The fraction of sp³-hybridized carbons (Fsp3) is 0.565. The molecular formula is C23H30O5. The molecule has 1 aromatic rings. The molecule has 3 rings (SSSR count). The van der Waals surface area contributed by atoms with Crippen molar-refractivity contribution in [1.82, 2.24) is 0 Å². The first kappa shape index (κ1) is 20.6. The second kappa shape index (κ2) is 8.48. The van der Waals surface area contributed by atoms with E-state index in [2.05, 4.69) is 0 Å². The Balaban J connectivity index is 2.01. The molecule has 28 heavy (non-hydrogen) atoms. The predicted octanol–water partition coefficient (Wildman–Crippen LogP) is 4.98. The van der Waals surface area contributed by atoms with Crippen molar-refractivity contribution in [2.75, 3.05) is 20.3 Å². The monoisotopic (exact) mass is 386 g/mol. The number of benzene rings is 1. The number of hydrogen-bond donors (Lipinski definition) is 0. The highest BCUT2D eigenvalue weighted by molar-refractivity contribution is 6.26. The molecule has 0 heterocycles. The first-order chi connectivity index (χ1) is 13.4. The summed E-state index contributed by atoms with van der Waals surface area (Å²) in [6, 6.07) is 6.04. The van der Waals surface area contributed by atoms with Crippen molar-refractivity contribution in [1.29, 1.82) is 0 Å². The van der Waals surface area contributed by atoms with Crippen molar-refractivity contribution in [3.8, 4) is 0 Å². The number of rotatable bonds is 5. The average molecular weight is 386 g/mol. The molecule has 5 nitrogen and oxygen atoms in total. The van der Waals surface area contributed by atoms with Crippen LogP contribution in [0, 0.1) is 25.2 Å². The highest BCUT2D eigenvalue weighted by Gasteiger charge is 2.51. The lowest BCUT2D eigenvalue weighted by atomic mass is 9.67. The molecule has 1 aromatic carbocycles. The molecule has 0 bridgehead atoms. The number of hydrogen-bond acceptors (Lipinski definition) is 5. The van der Waals surface area contributed by atoms with Crippen molar-refractivity contribution < 1.29 is 23.8 Å². The van der Waals surface area contributed by atoms with E-state index in [0.717, 1.165) is 42.4 Å².